The van der Waals surface area contributed by atoms with E-state index < -0.39 is 40.2 Å². The Morgan fingerprint density at radius 1 is 1.03 bits per heavy atom. The van der Waals surface area contributed by atoms with Gasteiger partial charge < -0.3 is 9.64 Å². The molecular formula is C18H15F6N3O3. The van der Waals surface area contributed by atoms with Crippen molar-refractivity contribution >= 4 is 11.5 Å². The van der Waals surface area contributed by atoms with Gasteiger partial charge in [0.25, 0.3) is 5.69 Å². The highest BCUT2D eigenvalue weighted by Gasteiger charge is 2.39. The zero-order valence-electron chi connectivity index (χ0n) is 15.2. The number of alkyl halides is 6. The molecule has 1 aromatic carbocycles. The minimum Gasteiger partial charge on any atom is -0.490 e. The van der Waals surface area contributed by atoms with Gasteiger partial charge in [0, 0.05) is 38.2 Å². The number of anilines is 1. The van der Waals surface area contributed by atoms with E-state index >= 15 is 0 Å². The minimum absolute atomic E-state index is 0.140. The Kier molecular flexibility index (Phi) is 5.77. The lowest BCUT2D eigenvalue weighted by atomic mass is 10.1. The molecule has 162 valence electrons. The van der Waals surface area contributed by atoms with Crippen molar-refractivity contribution in [2.75, 3.05) is 18.0 Å². The van der Waals surface area contributed by atoms with Crippen LogP contribution in [0.15, 0.2) is 36.5 Å². The predicted octanol–water partition coefficient (Wildman–Crippen LogP) is 5.08. The van der Waals surface area contributed by atoms with E-state index in [1.807, 2.05) is 0 Å². The molecule has 1 aromatic heterocycles. The molecule has 1 fully saturated rings. The first-order valence-electron chi connectivity index (χ1n) is 8.75. The van der Waals surface area contributed by atoms with Crippen molar-refractivity contribution in [1.29, 1.82) is 0 Å². The number of nitro benzene ring substituents is 1. The first-order chi connectivity index (χ1) is 13.9. The van der Waals surface area contributed by atoms with E-state index in [1.54, 1.807) is 4.90 Å². The average Bonchev–Trinajstić information content (AvgIpc) is 2.67. The molecule has 0 bridgehead atoms. The van der Waals surface area contributed by atoms with Gasteiger partial charge in [-0.3, -0.25) is 10.1 Å². The molecule has 0 aliphatic carbocycles. The Bertz CT molecular complexity index is 907. The lowest BCUT2D eigenvalue weighted by Gasteiger charge is -2.33. The fourth-order valence-corrected chi connectivity index (χ4v) is 3.11. The minimum atomic E-state index is -4.90. The van der Waals surface area contributed by atoms with E-state index in [4.69, 9.17) is 4.74 Å². The van der Waals surface area contributed by atoms with Crippen LogP contribution in [0, 0.1) is 10.1 Å². The van der Waals surface area contributed by atoms with Crippen LogP contribution in [-0.4, -0.2) is 29.1 Å². The summed E-state index contributed by atoms with van der Waals surface area (Å²) in [5, 5.41) is 10.8. The first-order valence-corrected chi connectivity index (χ1v) is 8.75. The maximum Gasteiger partial charge on any atom is 0.423 e. The Morgan fingerprint density at radius 2 is 1.70 bits per heavy atom. The highest BCUT2D eigenvalue weighted by Crippen LogP contribution is 2.38. The zero-order valence-corrected chi connectivity index (χ0v) is 15.2. The van der Waals surface area contributed by atoms with Crippen molar-refractivity contribution in [2.24, 2.45) is 0 Å². The maximum atomic E-state index is 13.1. The van der Waals surface area contributed by atoms with Crippen molar-refractivity contribution in [3.63, 3.8) is 0 Å². The van der Waals surface area contributed by atoms with E-state index in [9.17, 15) is 36.5 Å². The molecule has 0 N–H and O–H groups in total. The van der Waals surface area contributed by atoms with Crippen molar-refractivity contribution in [3.05, 3.63) is 57.8 Å². The van der Waals surface area contributed by atoms with Gasteiger partial charge in [-0.15, -0.1) is 0 Å². The highest BCUT2D eigenvalue weighted by atomic mass is 19.4. The molecule has 6 nitrogen and oxygen atoms in total. The van der Waals surface area contributed by atoms with Crippen LogP contribution in [0.2, 0.25) is 0 Å². The van der Waals surface area contributed by atoms with Crippen molar-refractivity contribution in [2.45, 2.75) is 31.3 Å². The number of ether oxygens (including phenoxy) is 1. The third kappa shape index (κ3) is 4.92. The van der Waals surface area contributed by atoms with E-state index in [2.05, 4.69) is 4.98 Å². The van der Waals surface area contributed by atoms with Crippen LogP contribution in [0.25, 0.3) is 0 Å². The fraction of sp³-hybridized carbons (Fsp3) is 0.389. The van der Waals surface area contributed by atoms with Crippen LogP contribution < -0.4 is 9.64 Å². The van der Waals surface area contributed by atoms with Crippen LogP contribution in [-0.2, 0) is 12.4 Å². The summed E-state index contributed by atoms with van der Waals surface area (Å²) in [4.78, 5) is 15.3. The van der Waals surface area contributed by atoms with Crippen LogP contribution in [0.4, 0.5) is 37.8 Å². The lowest BCUT2D eigenvalue weighted by molar-refractivity contribution is -0.388. The Hall–Kier alpha value is -3.05. The van der Waals surface area contributed by atoms with E-state index in [0.29, 0.717) is 37.8 Å². The topological polar surface area (TPSA) is 68.5 Å². The van der Waals surface area contributed by atoms with Crippen LogP contribution in [0.5, 0.6) is 5.75 Å². The Balaban J connectivity index is 1.64. The standard InChI is InChI=1S/C18H15F6N3O3/c19-17(20,21)11-1-4-16(25-10-11)26-7-5-12(6-8-26)30-13-2-3-15(27(28)29)14(9-13)18(22,23)24/h1-4,9-10,12H,5-8H2. The predicted molar refractivity (Wildman–Crippen MR) is 93.2 cm³/mol. The fourth-order valence-electron chi connectivity index (χ4n) is 3.11. The summed E-state index contributed by atoms with van der Waals surface area (Å²) in [6.07, 6.45) is -8.31. The molecule has 2 heterocycles. The van der Waals surface area contributed by atoms with Gasteiger partial charge in [0.1, 0.15) is 23.2 Å². The number of aromatic nitrogens is 1. The molecule has 0 spiro atoms. The van der Waals surface area contributed by atoms with Crippen molar-refractivity contribution < 1.29 is 36.0 Å². The molecule has 2 aromatic rings. The Labute approximate surface area is 166 Å². The number of halogens is 6. The number of hydrogen-bond donors (Lipinski definition) is 0. The van der Waals surface area contributed by atoms with Crippen LogP contribution in [0.1, 0.15) is 24.0 Å². The molecule has 1 saturated heterocycles. The smallest absolute Gasteiger partial charge is 0.423 e. The van der Waals surface area contributed by atoms with Gasteiger partial charge in [-0.05, 0) is 24.3 Å². The third-order valence-corrected chi connectivity index (χ3v) is 4.61. The molecule has 0 atom stereocenters. The van der Waals surface area contributed by atoms with Gasteiger partial charge in [-0.1, -0.05) is 0 Å². The summed E-state index contributed by atoms with van der Waals surface area (Å²) in [7, 11) is 0. The SMILES string of the molecule is O=[N+]([O-])c1ccc(OC2CCN(c3ccc(C(F)(F)F)cn3)CC2)cc1C(F)(F)F. The van der Waals surface area contributed by atoms with E-state index in [-0.39, 0.29) is 5.75 Å². The quantitative estimate of drug-likeness (QED) is 0.381. The molecule has 30 heavy (non-hydrogen) atoms. The second-order valence-corrected chi connectivity index (χ2v) is 6.64. The molecular weight excluding hydrogens is 420 g/mol. The van der Waals surface area contributed by atoms with Gasteiger partial charge in [-0.2, -0.15) is 26.3 Å². The first kappa shape index (κ1) is 21.7. The molecule has 0 amide bonds. The number of rotatable bonds is 4. The zero-order chi connectivity index (χ0) is 22.1. The number of nitro groups is 1. The maximum absolute atomic E-state index is 13.1. The van der Waals surface area contributed by atoms with Gasteiger partial charge in [0.2, 0.25) is 0 Å². The summed E-state index contributed by atoms with van der Waals surface area (Å²) < 4.78 is 82.6. The second-order valence-electron chi connectivity index (χ2n) is 6.64. The largest absolute Gasteiger partial charge is 0.490 e. The molecule has 1 aliphatic rings. The average molecular weight is 435 g/mol. The normalized spacial score (nSPS) is 15.9. The van der Waals surface area contributed by atoms with Crippen molar-refractivity contribution in [3.8, 4) is 5.75 Å². The van der Waals surface area contributed by atoms with Crippen LogP contribution >= 0.6 is 0 Å². The number of pyridine rings is 1. The van der Waals surface area contributed by atoms with E-state index in [0.717, 1.165) is 24.4 Å². The number of piperidine rings is 1. The number of hydrogen-bond acceptors (Lipinski definition) is 5. The van der Waals surface area contributed by atoms with Gasteiger partial charge in [0.05, 0.1) is 10.5 Å². The van der Waals surface area contributed by atoms with E-state index in [1.165, 1.54) is 6.07 Å². The summed E-state index contributed by atoms with van der Waals surface area (Å²) in [6.45, 7) is 0.754. The third-order valence-electron chi connectivity index (χ3n) is 4.61. The lowest BCUT2D eigenvalue weighted by Crippen LogP contribution is -2.38. The monoisotopic (exact) mass is 435 g/mol. The summed E-state index contributed by atoms with van der Waals surface area (Å²) in [5.41, 5.74) is -3.31. The number of nitrogens with zero attached hydrogens (tertiary/aromatic N) is 3. The summed E-state index contributed by atoms with van der Waals surface area (Å²) in [6, 6.07) is 4.65. The van der Waals surface area contributed by atoms with Crippen LogP contribution in [0.3, 0.4) is 0 Å². The molecule has 1 aliphatic heterocycles. The van der Waals surface area contributed by atoms with Gasteiger partial charge in [0.15, 0.2) is 0 Å². The second kappa shape index (κ2) is 8.00. The van der Waals surface area contributed by atoms with Gasteiger partial charge >= 0.3 is 12.4 Å². The van der Waals surface area contributed by atoms with Gasteiger partial charge in [-0.25, -0.2) is 4.98 Å². The molecule has 0 radical (unpaired) electrons. The molecule has 0 saturated carbocycles. The highest BCUT2D eigenvalue weighted by molar-refractivity contribution is 5.47. The Morgan fingerprint density at radius 3 is 2.20 bits per heavy atom. The number of benzene rings is 1. The molecule has 0 unspecified atom stereocenters. The summed E-state index contributed by atoms with van der Waals surface area (Å²) >= 11 is 0. The molecule has 12 heteroatoms. The summed E-state index contributed by atoms with van der Waals surface area (Å²) in [5.74, 6) is 0.218. The van der Waals surface area contributed by atoms with Crippen molar-refractivity contribution in [1.82, 2.24) is 4.98 Å². The molecule has 3 rings (SSSR count).